The first-order valence-corrected chi connectivity index (χ1v) is 4.60. The molecule has 1 fully saturated rings. The van der Waals surface area contributed by atoms with E-state index in [0.717, 1.165) is 4.90 Å². The summed E-state index contributed by atoms with van der Waals surface area (Å²) in [6.07, 6.45) is 3.02. The molecule has 1 saturated heterocycles. The molecule has 1 N–H and O–H groups in total. The van der Waals surface area contributed by atoms with E-state index in [2.05, 4.69) is 5.32 Å². The molecular weight excluding hydrogens is 196 g/mol. The Labute approximate surface area is 86.4 Å². The summed E-state index contributed by atoms with van der Waals surface area (Å²) in [5.74, 6) is 0.218. The molecule has 0 spiro atoms. The first-order chi connectivity index (χ1) is 7.22. The van der Waals surface area contributed by atoms with Crippen molar-refractivity contribution in [3.63, 3.8) is 0 Å². The summed E-state index contributed by atoms with van der Waals surface area (Å²) in [4.78, 5) is 24.0. The van der Waals surface area contributed by atoms with Crippen molar-refractivity contribution in [2.45, 2.75) is 6.92 Å². The van der Waals surface area contributed by atoms with Gasteiger partial charge in [0.25, 0.3) is 5.91 Å². The lowest BCUT2D eigenvalue weighted by atomic mass is 10.3. The molecular formula is C10H10N2O3. The van der Waals surface area contributed by atoms with Gasteiger partial charge in [-0.3, -0.25) is 9.69 Å². The Morgan fingerprint density at radius 3 is 2.87 bits per heavy atom. The average Bonchev–Trinajstić information content (AvgIpc) is 2.78. The fourth-order valence-corrected chi connectivity index (χ4v) is 1.37. The quantitative estimate of drug-likeness (QED) is 0.584. The van der Waals surface area contributed by atoms with E-state index in [4.69, 9.17) is 4.42 Å². The van der Waals surface area contributed by atoms with Crippen molar-refractivity contribution in [2.24, 2.45) is 0 Å². The molecule has 0 atom stereocenters. The molecule has 1 aromatic rings. The van der Waals surface area contributed by atoms with Crippen molar-refractivity contribution in [2.75, 3.05) is 6.54 Å². The summed E-state index contributed by atoms with van der Waals surface area (Å²) in [6, 6.07) is 3.03. The number of amides is 3. The summed E-state index contributed by atoms with van der Waals surface area (Å²) >= 11 is 0. The fraction of sp³-hybridized carbons (Fsp3) is 0.200. The molecule has 1 aliphatic rings. The SMILES string of the molecule is CCN1C(=O)N/C(=C/c2ccco2)C1=O. The molecule has 1 aliphatic heterocycles. The van der Waals surface area contributed by atoms with Crippen molar-refractivity contribution >= 4 is 18.0 Å². The van der Waals surface area contributed by atoms with Crippen LogP contribution in [0.15, 0.2) is 28.5 Å². The maximum Gasteiger partial charge on any atom is 0.328 e. The minimum Gasteiger partial charge on any atom is -0.465 e. The van der Waals surface area contributed by atoms with E-state index in [1.54, 1.807) is 19.1 Å². The van der Waals surface area contributed by atoms with E-state index in [1.165, 1.54) is 12.3 Å². The monoisotopic (exact) mass is 206 g/mol. The Morgan fingerprint density at radius 1 is 1.53 bits per heavy atom. The molecule has 2 heterocycles. The van der Waals surface area contributed by atoms with Gasteiger partial charge in [0.05, 0.1) is 6.26 Å². The number of nitrogens with one attached hydrogen (secondary N) is 1. The van der Waals surface area contributed by atoms with Gasteiger partial charge in [0, 0.05) is 12.6 Å². The Bertz CT molecular complexity index is 420. The highest BCUT2D eigenvalue weighted by atomic mass is 16.3. The van der Waals surface area contributed by atoms with E-state index in [1.807, 2.05) is 0 Å². The van der Waals surface area contributed by atoms with Gasteiger partial charge in [0.1, 0.15) is 11.5 Å². The van der Waals surface area contributed by atoms with Crippen LogP contribution in [0, 0.1) is 0 Å². The second-order valence-corrected chi connectivity index (χ2v) is 3.05. The Balaban J connectivity index is 2.26. The van der Waals surface area contributed by atoms with Crippen LogP contribution in [0.1, 0.15) is 12.7 Å². The molecule has 0 radical (unpaired) electrons. The van der Waals surface area contributed by atoms with Gasteiger partial charge in [-0.25, -0.2) is 4.79 Å². The Kier molecular flexibility index (Phi) is 2.29. The summed E-state index contributed by atoms with van der Waals surface area (Å²) in [5, 5.41) is 2.48. The lowest BCUT2D eigenvalue weighted by molar-refractivity contribution is -0.122. The van der Waals surface area contributed by atoms with Crippen LogP contribution in [0.4, 0.5) is 4.79 Å². The lowest BCUT2D eigenvalue weighted by Gasteiger charge is -2.05. The molecule has 0 aliphatic carbocycles. The standard InChI is InChI=1S/C10H10N2O3/c1-2-12-9(13)8(11-10(12)14)6-7-4-3-5-15-7/h3-6H,2H2,1H3,(H,11,14)/b8-6+. The predicted molar refractivity (Wildman–Crippen MR) is 52.6 cm³/mol. The smallest absolute Gasteiger partial charge is 0.328 e. The maximum atomic E-state index is 11.6. The van der Waals surface area contributed by atoms with E-state index in [0.29, 0.717) is 12.3 Å². The number of carbonyl (C=O) groups excluding carboxylic acids is 2. The number of hydrogen-bond donors (Lipinski definition) is 1. The summed E-state index contributed by atoms with van der Waals surface area (Å²) in [7, 11) is 0. The molecule has 0 unspecified atom stereocenters. The first kappa shape index (κ1) is 9.51. The number of carbonyl (C=O) groups is 2. The van der Waals surface area contributed by atoms with Gasteiger partial charge in [0.15, 0.2) is 0 Å². The second-order valence-electron chi connectivity index (χ2n) is 3.05. The minimum absolute atomic E-state index is 0.247. The maximum absolute atomic E-state index is 11.6. The molecule has 0 aromatic carbocycles. The molecule has 0 saturated carbocycles. The van der Waals surface area contributed by atoms with Crippen LogP contribution in [0.25, 0.3) is 6.08 Å². The highest BCUT2D eigenvalue weighted by Gasteiger charge is 2.32. The number of rotatable bonds is 2. The molecule has 5 heteroatoms. The zero-order chi connectivity index (χ0) is 10.8. The number of hydrogen-bond acceptors (Lipinski definition) is 3. The third-order valence-corrected chi connectivity index (χ3v) is 2.11. The van der Waals surface area contributed by atoms with Gasteiger partial charge in [-0.05, 0) is 19.1 Å². The molecule has 5 nitrogen and oxygen atoms in total. The molecule has 3 amide bonds. The van der Waals surface area contributed by atoms with Crippen LogP contribution < -0.4 is 5.32 Å². The zero-order valence-electron chi connectivity index (χ0n) is 8.19. The van der Waals surface area contributed by atoms with Crippen LogP contribution in [-0.2, 0) is 4.79 Å². The van der Waals surface area contributed by atoms with Crippen LogP contribution in [0.2, 0.25) is 0 Å². The number of urea groups is 1. The molecule has 15 heavy (non-hydrogen) atoms. The Hall–Kier alpha value is -2.04. The van der Waals surface area contributed by atoms with Crippen molar-refractivity contribution in [1.29, 1.82) is 0 Å². The van der Waals surface area contributed by atoms with E-state index < -0.39 is 0 Å². The van der Waals surface area contributed by atoms with Crippen LogP contribution in [-0.4, -0.2) is 23.4 Å². The summed E-state index contributed by atoms with van der Waals surface area (Å²) < 4.78 is 5.05. The Morgan fingerprint density at radius 2 is 2.33 bits per heavy atom. The highest BCUT2D eigenvalue weighted by Crippen LogP contribution is 2.13. The number of nitrogens with zero attached hydrogens (tertiary/aromatic N) is 1. The first-order valence-electron chi connectivity index (χ1n) is 4.60. The average molecular weight is 206 g/mol. The van der Waals surface area contributed by atoms with Crippen LogP contribution in [0.3, 0.4) is 0 Å². The van der Waals surface area contributed by atoms with E-state index in [-0.39, 0.29) is 17.6 Å². The van der Waals surface area contributed by atoms with E-state index >= 15 is 0 Å². The van der Waals surface area contributed by atoms with Gasteiger partial charge < -0.3 is 9.73 Å². The zero-order valence-corrected chi connectivity index (χ0v) is 8.19. The third kappa shape index (κ3) is 1.63. The highest BCUT2D eigenvalue weighted by molar-refractivity contribution is 6.13. The van der Waals surface area contributed by atoms with Crippen molar-refractivity contribution in [1.82, 2.24) is 10.2 Å². The summed E-state index contributed by atoms with van der Waals surface area (Å²) in [5.41, 5.74) is 0.247. The van der Waals surface area contributed by atoms with Gasteiger partial charge in [-0.1, -0.05) is 0 Å². The molecule has 1 aromatic heterocycles. The van der Waals surface area contributed by atoms with Crippen LogP contribution >= 0.6 is 0 Å². The van der Waals surface area contributed by atoms with Crippen molar-refractivity contribution < 1.29 is 14.0 Å². The largest absolute Gasteiger partial charge is 0.465 e. The van der Waals surface area contributed by atoms with E-state index in [9.17, 15) is 9.59 Å². The number of furan rings is 1. The molecule has 0 bridgehead atoms. The molecule has 78 valence electrons. The minimum atomic E-state index is -0.389. The van der Waals surface area contributed by atoms with Gasteiger partial charge in [-0.2, -0.15) is 0 Å². The molecule has 2 rings (SSSR count). The van der Waals surface area contributed by atoms with Crippen molar-refractivity contribution in [3.8, 4) is 0 Å². The van der Waals surface area contributed by atoms with Crippen LogP contribution in [0.5, 0.6) is 0 Å². The third-order valence-electron chi connectivity index (χ3n) is 2.11. The predicted octanol–water partition coefficient (Wildman–Crippen LogP) is 1.19. The van der Waals surface area contributed by atoms with Crippen molar-refractivity contribution in [3.05, 3.63) is 29.9 Å². The fourth-order valence-electron chi connectivity index (χ4n) is 1.37. The number of likely N-dealkylation sites (N-methyl/N-ethyl adjacent to an activating group) is 1. The topological polar surface area (TPSA) is 62.6 Å². The second kappa shape index (κ2) is 3.61. The van der Waals surface area contributed by atoms with Gasteiger partial charge >= 0.3 is 6.03 Å². The summed E-state index contributed by atoms with van der Waals surface area (Å²) in [6.45, 7) is 2.10. The van der Waals surface area contributed by atoms with Gasteiger partial charge in [0.2, 0.25) is 0 Å². The normalized spacial score (nSPS) is 18.7. The number of imide groups is 1. The van der Waals surface area contributed by atoms with Gasteiger partial charge in [-0.15, -0.1) is 0 Å². The lowest BCUT2D eigenvalue weighted by Crippen LogP contribution is -2.30.